The van der Waals surface area contributed by atoms with E-state index in [0.717, 1.165) is 42.7 Å². The fraction of sp³-hybridized carbons (Fsp3) is 0.389. The molecule has 0 saturated heterocycles. The minimum Gasteiger partial charge on any atom is -0.469 e. The molecule has 0 atom stereocenters. The maximum absolute atomic E-state index is 6.01. The Kier molecular flexibility index (Phi) is 11.3. The van der Waals surface area contributed by atoms with Crippen molar-refractivity contribution in [1.82, 2.24) is 10.6 Å². The highest BCUT2D eigenvalue weighted by atomic mass is 127. The van der Waals surface area contributed by atoms with Gasteiger partial charge in [-0.3, -0.25) is 4.99 Å². The maximum atomic E-state index is 6.01. The van der Waals surface area contributed by atoms with Gasteiger partial charge in [-0.25, -0.2) is 0 Å². The number of nitrogens with one attached hydrogen (secondary N) is 2. The van der Waals surface area contributed by atoms with Crippen molar-refractivity contribution >= 4 is 41.5 Å². The van der Waals surface area contributed by atoms with Gasteiger partial charge < -0.3 is 19.8 Å². The molecule has 1 heterocycles. The van der Waals surface area contributed by atoms with Crippen LogP contribution in [0.1, 0.15) is 11.3 Å². The standard InChI is InChI=1S/C18H24ClN3O2.HI/c1-23-13-11-22-18(21-10-8-17-6-3-12-24-17)20-9-7-15-4-2-5-16(19)14-15;/h2-6,12,14H,7-11,13H2,1H3,(H2,20,21,22);1H. The second kappa shape index (κ2) is 13.0. The molecule has 138 valence electrons. The summed E-state index contributed by atoms with van der Waals surface area (Å²) in [5.74, 6) is 1.73. The number of ether oxygens (including phenoxy) is 1. The van der Waals surface area contributed by atoms with Gasteiger partial charge in [0.25, 0.3) is 0 Å². The van der Waals surface area contributed by atoms with Crippen molar-refractivity contribution in [2.75, 3.05) is 33.4 Å². The predicted molar refractivity (Wildman–Crippen MR) is 113 cm³/mol. The van der Waals surface area contributed by atoms with Crippen LogP contribution in [0.2, 0.25) is 5.02 Å². The van der Waals surface area contributed by atoms with Crippen molar-refractivity contribution in [2.24, 2.45) is 4.99 Å². The molecule has 0 aliphatic carbocycles. The highest BCUT2D eigenvalue weighted by Crippen LogP contribution is 2.10. The van der Waals surface area contributed by atoms with Gasteiger partial charge in [-0.05, 0) is 36.2 Å². The van der Waals surface area contributed by atoms with E-state index in [9.17, 15) is 0 Å². The first-order valence-electron chi connectivity index (χ1n) is 8.06. The fourth-order valence-corrected chi connectivity index (χ4v) is 2.41. The van der Waals surface area contributed by atoms with Gasteiger partial charge in [0.1, 0.15) is 5.76 Å². The number of halogens is 2. The number of rotatable bonds is 9. The van der Waals surface area contributed by atoms with Crippen molar-refractivity contribution in [1.29, 1.82) is 0 Å². The fourth-order valence-electron chi connectivity index (χ4n) is 2.20. The molecule has 2 N–H and O–H groups in total. The number of benzene rings is 1. The quantitative estimate of drug-likeness (QED) is 0.251. The Morgan fingerprint density at radius 1 is 1.16 bits per heavy atom. The van der Waals surface area contributed by atoms with Crippen LogP contribution in [0.25, 0.3) is 0 Å². The number of methoxy groups -OCH3 is 1. The van der Waals surface area contributed by atoms with E-state index < -0.39 is 0 Å². The lowest BCUT2D eigenvalue weighted by Gasteiger charge is -2.12. The summed E-state index contributed by atoms with van der Waals surface area (Å²) in [6.07, 6.45) is 3.38. The lowest BCUT2D eigenvalue weighted by Crippen LogP contribution is -2.39. The van der Waals surface area contributed by atoms with Gasteiger partial charge in [0.2, 0.25) is 0 Å². The summed E-state index contributed by atoms with van der Waals surface area (Å²) in [5.41, 5.74) is 1.20. The first-order chi connectivity index (χ1) is 11.8. The number of aliphatic imine (C=N–C) groups is 1. The van der Waals surface area contributed by atoms with Gasteiger partial charge >= 0.3 is 0 Å². The Balaban J connectivity index is 0.00000312. The monoisotopic (exact) mass is 477 g/mol. The maximum Gasteiger partial charge on any atom is 0.191 e. The van der Waals surface area contributed by atoms with Crippen LogP contribution in [0, 0.1) is 0 Å². The number of guanidine groups is 1. The minimum absolute atomic E-state index is 0. The Morgan fingerprint density at radius 3 is 2.64 bits per heavy atom. The third-order valence-electron chi connectivity index (χ3n) is 3.40. The van der Waals surface area contributed by atoms with Crippen LogP contribution in [0.15, 0.2) is 52.1 Å². The van der Waals surface area contributed by atoms with E-state index in [-0.39, 0.29) is 24.0 Å². The Bertz CT molecular complexity index is 621. The lowest BCUT2D eigenvalue weighted by atomic mass is 10.1. The third kappa shape index (κ3) is 9.13. The van der Waals surface area contributed by atoms with E-state index in [2.05, 4.69) is 21.7 Å². The zero-order valence-corrected chi connectivity index (χ0v) is 17.4. The number of hydrogen-bond acceptors (Lipinski definition) is 3. The van der Waals surface area contributed by atoms with Crippen molar-refractivity contribution in [3.05, 3.63) is 59.0 Å². The van der Waals surface area contributed by atoms with Gasteiger partial charge in [-0.2, -0.15) is 0 Å². The van der Waals surface area contributed by atoms with E-state index in [4.69, 9.17) is 20.8 Å². The molecule has 0 aliphatic rings. The number of furan rings is 1. The van der Waals surface area contributed by atoms with Crippen molar-refractivity contribution in [3.63, 3.8) is 0 Å². The first-order valence-corrected chi connectivity index (χ1v) is 8.43. The molecule has 0 unspecified atom stereocenters. The molecular weight excluding hydrogens is 453 g/mol. The van der Waals surface area contributed by atoms with Gasteiger partial charge in [0, 0.05) is 31.6 Å². The average molecular weight is 478 g/mol. The predicted octanol–water partition coefficient (Wildman–Crippen LogP) is 3.52. The van der Waals surface area contributed by atoms with Crippen molar-refractivity contribution in [2.45, 2.75) is 12.8 Å². The van der Waals surface area contributed by atoms with Gasteiger partial charge in [0.05, 0.1) is 19.4 Å². The normalized spacial score (nSPS) is 11.0. The molecule has 25 heavy (non-hydrogen) atoms. The van der Waals surface area contributed by atoms with Crippen molar-refractivity contribution < 1.29 is 9.15 Å². The van der Waals surface area contributed by atoms with E-state index in [1.807, 2.05) is 30.3 Å². The summed E-state index contributed by atoms with van der Waals surface area (Å²) in [6, 6.07) is 11.8. The van der Waals surface area contributed by atoms with Gasteiger partial charge in [0.15, 0.2) is 5.96 Å². The summed E-state index contributed by atoms with van der Waals surface area (Å²) in [4.78, 5) is 4.49. The summed E-state index contributed by atoms with van der Waals surface area (Å²) < 4.78 is 10.4. The highest BCUT2D eigenvalue weighted by molar-refractivity contribution is 14.0. The largest absolute Gasteiger partial charge is 0.469 e. The van der Waals surface area contributed by atoms with Crippen LogP contribution in [0.5, 0.6) is 0 Å². The average Bonchev–Trinajstić information content (AvgIpc) is 3.08. The molecule has 0 aliphatic heterocycles. The molecule has 0 bridgehead atoms. The summed E-state index contributed by atoms with van der Waals surface area (Å²) in [6.45, 7) is 2.74. The van der Waals surface area contributed by atoms with E-state index in [1.165, 1.54) is 5.56 Å². The van der Waals surface area contributed by atoms with Gasteiger partial charge in [-0.15, -0.1) is 24.0 Å². The zero-order valence-electron chi connectivity index (χ0n) is 14.3. The molecule has 0 radical (unpaired) electrons. The van der Waals surface area contributed by atoms with Crippen LogP contribution >= 0.6 is 35.6 Å². The number of hydrogen-bond donors (Lipinski definition) is 2. The second-order valence-corrected chi connectivity index (χ2v) is 5.72. The molecule has 1 aromatic carbocycles. The summed E-state index contributed by atoms with van der Waals surface area (Å²) in [7, 11) is 1.67. The molecule has 2 aromatic rings. The van der Waals surface area contributed by atoms with E-state index in [0.29, 0.717) is 13.2 Å². The molecule has 5 nitrogen and oxygen atoms in total. The zero-order chi connectivity index (χ0) is 17.0. The highest BCUT2D eigenvalue weighted by Gasteiger charge is 2.01. The van der Waals surface area contributed by atoms with Crippen LogP contribution in [0.4, 0.5) is 0 Å². The second-order valence-electron chi connectivity index (χ2n) is 5.29. The molecule has 0 fully saturated rings. The third-order valence-corrected chi connectivity index (χ3v) is 3.64. The van der Waals surface area contributed by atoms with Crippen molar-refractivity contribution in [3.8, 4) is 0 Å². The molecule has 0 spiro atoms. The summed E-state index contributed by atoms with van der Waals surface area (Å²) >= 11 is 6.01. The van der Waals surface area contributed by atoms with Crippen LogP contribution in [0.3, 0.4) is 0 Å². The molecule has 0 amide bonds. The lowest BCUT2D eigenvalue weighted by molar-refractivity contribution is 0.208. The Morgan fingerprint density at radius 2 is 1.96 bits per heavy atom. The minimum atomic E-state index is 0. The molecular formula is C18H25ClIN3O2. The van der Waals surface area contributed by atoms with Crippen LogP contribution in [-0.4, -0.2) is 39.3 Å². The molecule has 0 saturated carbocycles. The Hall–Kier alpha value is -1.25. The van der Waals surface area contributed by atoms with E-state index >= 15 is 0 Å². The summed E-state index contributed by atoms with van der Waals surface area (Å²) in [5, 5.41) is 7.41. The first kappa shape index (κ1) is 21.8. The topological polar surface area (TPSA) is 58.8 Å². The van der Waals surface area contributed by atoms with E-state index in [1.54, 1.807) is 13.4 Å². The molecule has 1 aromatic heterocycles. The smallest absolute Gasteiger partial charge is 0.191 e. The molecule has 2 rings (SSSR count). The number of nitrogens with zero attached hydrogens (tertiary/aromatic N) is 1. The van der Waals surface area contributed by atoms with Crippen LogP contribution in [-0.2, 0) is 17.6 Å². The molecule has 7 heteroatoms. The van der Waals surface area contributed by atoms with Gasteiger partial charge in [-0.1, -0.05) is 23.7 Å². The SMILES string of the molecule is COCCN=C(NCCc1cccc(Cl)c1)NCCc1ccco1.I. The Labute approximate surface area is 171 Å². The van der Waals surface area contributed by atoms with Crippen LogP contribution < -0.4 is 10.6 Å².